The van der Waals surface area contributed by atoms with Crippen molar-refractivity contribution in [2.45, 2.75) is 100 Å². The summed E-state index contributed by atoms with van der Waals surface area (Å²) in [5.74, 6) is -1.53. The van der Waals surface area contributed by atoms with Crippen molar-refractivity contribution in [2.75, 3.05) is 102 Å². The number of nitrogens with zero attached hydrogens (tertiary/aromatic N) is 2. The molecule has 2 aromatic carbocycles. The lowest BCUT2D eigenvalue weighted by molar-refractivity contribution is -0.122. The van der Waals surface area contributed by atoms with Crippen LogP contribution >= 0.6 is 0 Å². The summed E-state index contributed by atoms with van der Waals surface area (Å²) >= 11 is 0. The molecule has 69 heavy (non-hydrogen) atoms. The van der Waals surface area contributed by atoms with Crippen molar-refractivity contribution in [3.63, 3.8) is 0 Å². The summed E-state index contributed by atoms with van der Waals surface area (Å²) < 4.78 is 28.3. The lowest BCUT2D eigenvalue weighted by atomic mass is 9.70. The molecule has 380 valence electrons. The van der Waals surface area contributed by atoms with Gasteiger partial charge in [-0.15, -0.1) is 0 Å². The molecule has 1 saturated carbocycles. The Morgan fingerprint density at radius 1 is 0.710 bits per heavy atom. The maximum atomic E-state index is 13.5. The van der Waals surface area contributed by atoms with Crippen molar-refractivity contribution in [1.82, 2.24) is 0 Å². The fraction of sp³-hybridized carbons (Fsp3) is 0.585. The number of aliphatic imine (C=N–C) groups is 1. The van der Waals surface area contributed by atoms with Crippen molar-refractivity contribution >= 4 is 57.6 Å². The van der Waals surface area contributed by atoms with E-state index in [-0.39, 0.29) is 28.1 Å². The fourth-order valence-corrected chi connectivity index (χ4v) is 8.65. The number of anilines is 3. The summed E-state index contributed by atoms with van der Waals surface area (Å²) in [6.45, 7) is 21.8. The molecule has 0 spiro atoms. The highest BCUT2D eigenvalue weighted by Gasteiger charge is 2.39. The maximum absolute atomic E-state index is 13.5. The number of ether oxygens (including phenoxy) is 5. The van der Waals surface area contributed by atoms with Crippen LogP contribution in [0.4, 0.5) is 22.7 Å². The van der Waals surface area contributed by atoms with E-state index in [4.69, 9.17) is 45.6 Å². The smallest absolute Gasteiger partial charge is 0.250 e. The topological polar surface area (TPSA) is 230 Å². The molecule has 1 atom stereocenters. The van der Waals surface area contributed by atoms with Gasteiger partial charge in [-0.1, -0.05) is 40.2 Å². The van der Waals surface area contributed by atoms with Crippen LogP contribution in [0.1, 0.15) is 121 Å². The molecule has 16 nitrogen and oxygen atoms in total. The van der Waals surface area contributed by atoms with Gasteiger partial charge in [-0.3, -0.25) is 24.2 Å². The third-order valence-electron chi connectivity index (χ3n) is 12.5. The third-order valence-corrected chi connectivity index (χ3v) is 12.5. The summed E-state index contributed by atoms with van der Waals surface area (Å²) in [5, 5.41) is 14.8. The Morgan fingerprint density at radius 2 is 1.19 bits per heavy atom. The van der Waals surface area contributed by atoms with E-state index in [1.807, 2.05) is 40.0 Å². The number of carbonyl (C=O) groups is 4. The highest BCUT2D eigenvalue weighted by Crippen LogP contribution is 2.42. The lowest BCUT2D eigenvalue weighted by Crippen LogP contribution is -2.40. The van der Waals surface area contributed by atoms with Crippen LogP contribution < -0.4 is 27.0 Å². The van der Waals surface area contributed by atoms with Crippen molar-refractivity contribution in [1.29, 1.82) is 5.41 Å². The van der Waals surface area contributed by atoms with Gasteiger partial charge in [0, 0.05) is 85.9 Å². The highest BCUT2D eigenvalue weighted by molar-refractivity contribution is 6.23. The molecular weight excluding hydrogens is 879 g/mol. The molecule has 4 rings (SSSR count). The van der Waals surface area contributed by atoms with Gasteiger partial charge >= 0.3 is 0 Å². The molecule has 2 aliphatic rings. The first-order chi connectivity index (χ1) is 32.7. The van der Waals surface area contributed by atoms with E-state index in [0.29, 0.717) is 145 Å². The van der Waals surface area contributed by atoms with Gasteiger partial charge in [-0.05, 0) is 106 Å². The minimum absolute atomic E-state index is 0.00759. The first-order valence-corrected chi connectivity index (χ1v) is 24.3. The quantitative estimate of drug-likeness (QED) is 0.0369. The fourth-order valence-electron chi connectivity index (χ4n) is 8.65. The number of hydrogen-bond donors (Lipinski definition) is 5. The SMILES string of the molecule is CCC(C)=C(C)C1=C(N(C)c2ccc(C(N)=O)c(NCCCOCCOCCOCCOCCOCCCNc3cc(N=C4CC(C)(C)CC(=O)C4C(C)=N)ccc3C(N)=O)c2)CC(C)(C)CC1=O. The summed E-state index contributed by atoms with van der Waals surface area (Å²) in [6, 6.07) is 10.6. The second-order valence-electron chi connectivity index (χ2n) is 19.6. The van der Waals surface area contributed by atoms with Crippen molar-refractivity contribution in [3.8, 4) is 0 Å². The van der Waals surface area contributed by atoms with Crippen LogP contribution in [0.2, 0.25) is 0 Å². The number of carbonyl (C=O) groups excluding carboxylic acids is 4. The number of primary amides is 2. The van der Waals surface area contributed by atoms with Gasteiger partial charge < -0.3 is 56.1 Å². The van der Waals surface area contributed by atoms with Gasteiger partial charge in [0.2, 0.25) is 0 Å². The number of Topliss-reactive ketones (excluding diaryl/α,β-unsaturated/α-hetero) is 2. The largest absolute Gasteiger partial charge is 0.384 e. The standard InChI is InChI=1S/C53H79N7O9/c1-10-35(2)36(3)48-45(32-53(7,8)33-46(48)61)60(9)39-14-16-41(51(56)64)43(30-39)58-18-12-20-66-22-24-68-26-28-69-27-25-67-23-21-65-19-11-17-57-42-29-38(13-15-40(42)50(55)63)59-44-31-52(5,6)34-47(62)49(44)37(4)54/h13-16,29-30,49,54,57-58H,10-12,17-28,31-34H2,1-9H3,(H2,55,63)(H2,56,64). The summed E-state index contributed by atoms with van der Waals surface area (Å²) in [6.07, 6.45) is 4.52. The predicted octanol–water partition coefficient (Wildman–Crippen LogP) is 8.21. The zero-order valence-electron chi connectivity index (χ0n) is 42.7. The van der Waals surface area contributed by atoms with Gasteiger partial charge in [-0.25, -0.2) is 0 Å². The van der Waals surface area contributed by atoms with Crippen LogP contribution in [0, 0.1) is 22.2 Å². The molecular formula is C53H79N7O9. The first-order valence-electron chi connectivity index (χ1n) is 24.3. The number of amides is 2. The Morgan fingerprint density at radius 3 is 1.68 bits per heavy atom. The molecule has 16 heteroatoms. The molecule has 0 radical (unpaired) electrons. The van der Waals surface area contributed by atoms with Crippen LogP contribution in [0.5, 0.6) is 0 Å². The molecule has 0 heterocycles. The van der Waals surface area contributed by atoms with Gasteiger partial charge in [0.15, 0.2) is 5.78 Å². The number of hydrogen-bond acceptors (Lipinski definition) is 14. The Kier molecular flexibility index (Phi) is 22.2. The Hall–Kier alpha value is -5.26. The third kappa shape index (κ3) is 17.6. The molecule has 2 aromatic rings. The van der Waals surface area contributed by atoms with Crippen LogP contribution in [-0.2, 0) is 33.3 Å². The second-order valence-corrected chi connectivity index (χ2v) is 19.6. The number of ketones is 2. The van der Waals surface area contributed by atoms with E-state index < -0.39 is 17.7 Å². The van der Waals surface area contributed by atoms with E-state index in [0.717, 1.165) is 35.4 Å². The Bertz CT molecular complexity index is 2210. The van der Waals surface area contributed by atoms with Crippen molar-refractivity contribution in [3.05, 3.63) is 69.9 Å². The molecule has 2 aliphatic carbocycles. The number of nitrogens with two attached hydrogens (primary N) is 2. The molecule has 7 N–H and O–H groups in total. The summed E-state index contributed by atoms with van der Waals surface area (Å²) in [5.41, 5.74) is 19.3. The molecule has 0 aromatic heterocycles. The number of benzene rings is 2. The van der Waals surface area contributed by atoms with Gasteiger partial charge in [0.05, 0.1) is 75.6 Å². The molecule has 0 saturated heterocycles. The monoisotopic (exact) mass is 958 g/mol. The predicted molar refractivity (Wildman–Crippen MR) is 274 cm³/mol. The van der Waals surface area contributed by atoms with Gasteiger partial charge in [0.1, 0.15) is 5.78 Å². The minimum atomic E-state index is -0.622. The van der Waals surface area contributed by atoms with Crippen molar-refractivity contribution < 1.29 is 42.9 Å². The Labute approximate surface area is 409 Å². The van der Waals surface area contributed by atoms with Gasteiger partial charge in [-0.2, -0.15) is 0 Å². The molecule has 1 unspecified atom stereocenters. The highest BCUT2D eigenvalue weighted by atomic mass is 16.6. The summed E-state index contributed by atoms with van der Waals surface area (Å²) in [7, 11) is 1.98. The zero-order valence-corrected chi connectivity index (χ0v) is 42.7. The number of rotatable bonds is 30. The lowest BCUT2D eigenvalue weighted by Gasteiger charge is -2.37. The number of allylic oxidation sites excluding steroid dienone is 4. The first kappa shape index (κ1) is 56.3. The van der Waals surface area contributed by atoms with Crippen LogP contribution in [-0.4, -0.2) is 121 Å². The molecule has 1 fully saturated rings. The molecule has 0 bridgehead atoms. The van der Waals surface area contributed by atoms with Crippen molar-refractivity contribution in [2.24, 2.45) is 33.2 Å². The molecule has 0 aliphatic heterocycles. The van der Waals surface area contributed by atoms with Crippen LogP contribution in [0.25, 0.3) is 0 Å². The maximum Gasteiger partial charge on any atom is 0.250 e. The van der Waals surface area contributed by atoms with Crippen LogP contribution in [0.15, 0.2) is 63.8 Å². The van der Waals surface area contributed by atoms with E-state index in [2.05, 4.69) is 43.2 Å². The van der Waals surface area contributed by atoms with Gasteiger partial charge in [0.25, 0.3) is 11.8 Å². The minimum Gasteiger partial charge on any atom is -0.384 e. The van der Waals surface area contributed by atoms with E-state index in [1.54, 1.807) is 31.2 Å². The number of nitrogens with one attached hydrogen (secondary N) is 3. The van der Waals surface area contributed by atoms with E-state index in [9.17, 15) is 19.2 Å². The molecule has 2 amide bonds. The average molecular weight is 958 g/mol. The Balaban J connectivity index is 1.05. The normalized spacial score (nSPS) is 17.8. The average Bonchev–Trinajstić information content (AvgIpc) is 3.27. The van der Waals surface area contributed by atoms with Crippen LogP contribution in [0.3, 0.4) is 0 Å². The second kappa shape index (κ2) is 27.2. The zero-order chi connectivity index (χ0) is 50.7. The summed E-state index contributed by atoms with van der Waals surface area (Å²) in [4.78, 5) is 57.7. The van der Waals surface area contributed by atoms with E-state index in [1.165, 1.54) is 5.57 Å². The van der Waals surface area contributed by atoms with E-state index >= 15 is 0 Å².